The average molecular weight is 588 g/mol. The fourth-order valence-electron chi connectivity index (χ4n) is 5.86. The lowest BCUT2D eigenvalue weighted by atomic mass is 9.99. The number of nitrogens with one attached hydrogen (secondary N) is 1. The molecule has 0 spiro atoms. The van der Waals surface area contributed by atoms with Crippen LogP contribution in [0.4, 0.5) is 23.1 Å². The van der Waals surface area contributed by atoms with Crippen LogP contribution < -0.4 is 10.2 Å². The predicted molar refractivity (Wildman–Crippen MR) is 166 cm³/mol. The van der Waals surface area contributed by atoms with E-state index in [0.717, 1.165) is 55.7 Å². The van der Waals surface area contributed by atoms with Crippen molar-refractivity contribution in [1.29, 1.82) is 0 Å². The van der Waals surface area contributed by atoms with Crippen molar-refractivity contribution in [2.24, 2.45) is 4.36 Å². The third-order valence-corrected chi connectivity index (χ3v) is 8.64. The molecule has 3 aliphatic rings. The van der Waals surface area contributed by atoms with Crippen LogP contribution in [0, 0.1) is 0 Å². The lowest BCUT2D eigenvalue weighted by Gasteiger charge is -2.52. The minimum absolute atomic E-state index is 0.452. The Bertz CT molecular complexity index is 1730. The fraction of sp³-hybridized carbons (Fsp3) is 0.433. The topological polar surface area (TPSA) is 115 Å². The number of anilines is 3. The average Bonchev–Trinajstić information content (AvgIpc) is 3.72. The van der Waals surface area contributed by atoms with Gasteiger partial charge in [-0.1, -0.05) is 6.07 Å². The summed E-state index contributed by atoms with van der Waals surface area (Å²) >= 11 is 0. The molecule has 0 bridgehead atoms. The molecule has 1 aromatic carbocycles. The van der Waals surface area contributed by atoms with E-state index >= 15 is 0 Å². The number of hydrogen-bond acceptors (Lipinski definition) is 10. The van der Waals surface area contributed by atoms with E-state index in [-0.39, 0.29) is 0 Å². The lowest BCUT2D eigenvalue weighted by molar-refractivity contribution is -0.186. The summed E-state index contributed by atoms with van der Waals surface area (Å²) < 4.78 is 18.7. The lowest BCUT2D eigenvalue weighted by Crippen LogP contribution is -2.68. The third kappa shape index (κ3) is 5.71. The fourth-order valence-corrected chi connectivity index (χ4v) is 6.42. The van der Waals surface area contributed by atoms with Gasteiger partial charge in [0.1, 0.15) is 5.82 Å². The summed E-state index contributed by atoms with van der Waals surface area (Å²) in [6, 6.07) is 16.2. The molecular formula is C30H37N9O2S. The standard InChI is InChI=1S/C30H37N9O2S/c1-30(40)19-38(20-30)37-15-13-36(14-16-37)24-11-9-23(10-12-24)32-29-31-18-22-17-25(21-7-8-21)39(28(22)34-29)27-6-4-5-26(33-27)35-42(2,3)41/h4-6,9-12,17-18,21,40H,7-8,13-16,19-20H2,1-3H3,(H,31,32,34). The predicted octanol–water partition coefficient (Wildman–Crippen LogP) is 3.90. The summed E-state index contributed by atoms with van der Waals surface area (Å²) in [5.74, 6) is 2.15. The molecule has 2 saturated heterocycles. The smallest absolute Gasteiger partial charge is 0.229 e. The first-order valence-electron chi connectivity index (χ1n) is 14.5. The first-order valence-corrected chi connectivity index (χ1v) is 16.8. The van der Waals surface area contributed by atoms with Gasteiger partial charge in [-0.2, -0.15) is 9.35 Å². The number of β-amino-alcohol motifs (C(OH)–C–C–N with tert-alkyl or cyclic N) is 1. The quantitative estimate of drug-likeness (QED) is 0.332. The molecule has 12 heteroatoms. The van der Waals surface area contributed by atoms with Crippen molar-refractivity contribution in [2.45, 2.75) is 31.3 Å². The highest BCUT2D eigenvalue weighted by molar-refractivity contribution is 7.92. The van der Waals surface area contributed by atoms with Gasteiger partial charge < -0.3 is 15.3 Å². The molecule has 2 aliphatic heterocycles. The number of aromatic nitrogens is 4. The molecular weight excluding hydrogens is 550 g/mol. The van der Waals surface area contributed by atoms with Crippen LogP contribution >= 0.6 is 0 Å². The van der Waals surface area contributed by atoms with E-state index in [4.69, 9.17) is 9.97 Å². The van der Waals surface area contributed by atoms with Crippen molar-refractivity contribution in [3.8, 4) is 5.82 Å². The van der Waals surface area contributed by atoms with Gasteiger partial charge in [-0.05, 0) is 68.1 Å². The van der Waals surface area contributed by atoms with Crippen LogP contribution in [0.25, 0.3) is 16.9 Å². The van der Waals surface area contributed by atoms with E-state index in [9.17, 15) is 9.32 Å². The van der Waals surface area contributed by atoms with Crippen LogP contribution in [0.15, 0.2) is 59.1 Å². The Balaban J connectivity index is 1.09. The number of hydrogen-bond donors (Lipinski definition) is 2. The van der Waals surface area contributed by atoms with E-state index < -0.39 is 15.3 Å². The largest absolute Gasteiger partial charge is 0.387 e. The van der Waals surface area contributed by atoms with Crippen LogP contribution in [0.2, 0.25) is 0 Å². The summed E-state index contributed by atoms with van der Waals surface area (Å²) in [6.07, 6.45) is 7.36. The van der Waals surface area contributed by atoms with Crippen molar-refractivity contribution < 1.29 is 9.32 Å². The van der Waals surface area contributed by atoms with Gasteiger partial charge in [0.05, 0.1) is 5.60 Å². The van der Waals surface area contributed by atoms with Gasteiger partial charge in [0.25, 0.3) is 0 Å². The minimum Gasteiger partial charge on any atom is -0.387 e. The molecule has 3 aromatic heterocycles. The van der Waals surface area contributed by atoms with Gasteiger partial charge in [0.15, 0.2) is 11.5 Å². The first-order chi connectivity index (χ1) is 20.1. The zero-order valence-electron chi connectivity index (χ0n) is 24.3. The highest BCUT2D eigenvalue weighted by Crippen LogP contribution is 2.43. The van der Waals surface area contributed by atoms with E-state index in [0.29, 0.717) is 36.6 Å². The van der Waals surface area contributed by atoms with Crippen LogP contribution in [0.3, 0.4) is 0 Å². The molecule has 42 heavy (non-hydrogen) atoms. The van der Waals surface area contributed by atoms with Crippen LogP contribution in [-0.2, 0) is 9.73 Å². The number of aliphatic hydroxyl groups is 1. The molecule has 220 valence electrons. The summed E-state index contributed by atoms with van der Waals surface area (Å²) in [6.45, 7) is 7.12. The van der Waals surface area contributed by atoms with Gasteiger partial charge in [-0.25, -0.2) is 24.2 Å². The number of benzene rings is 1. The Morgan fingerprint density at radius 1 is 1.00 bits per heavy atom. The minimum atomic E-state index is -2.33. The van der Waals surface area contributed by atoms with Gasteiger partial charge in [-0.15, -0.1) is 0 Å². The van der Waals surface area contributed by atoms with Gasteiger partial charge in [0.2, 0.25) is 5.95 Å². The molecule has 2 N–H and O–H groups in total. The maximum absolute atomic E-state index is 12.3. The highest BCUT2D eigenvalue weighted by atomic mass is 32.2. The zero-order valence-corrected chi connectivity index (χ0v) is 25.1. The summed E-state index contributed by atoms with van der Waals surface area (Å²) in [4.78, 5) is 16.7. The van der Waals surface area contributed by atoms with Crippen molar-refractivity contribution in [1.82, 2.24) is 29.5 Å². The Morgan fingerprint density at radius 3 is 2.40 bits per heavy atom. The second kappa shape index (κ2) is 10.3. The number of pyridine rings is 1. The molecule has 5 heterocycles. The van der Waals surface area contributed by atoms with Crippen molar-refractivity contribution in [3.05, 3.63) is 60.4 Å². The maximum Gasteiger partial charge on any atom is 0.229 e. The van der Waals surface area contributed by atoms with Crippen molar-refractivity contribution >= 4 is 43.9 Å². The van der Waals surface area contributed by atoms with E-state index in [1.54, 1.807) is 18.6 Å². The number of nitrogens with zero attached hydrogens (tertiary/aromatic N) is 8. The van der Waals surface area contributed by atoms with Crippen LogP contribution in [0.5, 0.6) is 0 Å². The normalized spacial score (nSPS) is 19.6. The van der Waals surface area contributed by atoms with E-state index in [2.05, 4.69) is 64.5 Å². The van der Waals surface area contributed by atoms with E-state index in [1.165, 1.54) is 11.4 Å². The molecule has 11 nitrogen and oxygen atoms in total. The third-order valence-electron chi connectivity index (χ3n) is 8.02. The molecule has 4 aromatic rings. The second-order valence-corrected chi connectivity index (χ2v) is 14.8. The summed E-state index contributed by atoms with van der Waals surface area (Å²) in [5, 5.41) is 19.0. The maximum atomic E-state index is 12.3. The molecule has 0 amide bonds. The monoisotopic (exact) mass is 587 g/mol. The number of piperazine rings is 1. The zero-order chi connectivity index (χ0) is 29.1. The number of fused-ring (bicyclic) bond motifs is 1. The van der Waals surface area contributed by atoms with Gasteiger partial charge in [0, 0.05) is 90.2 Å². The molecule has 0 unspecified atom stereocenters. The molecule has 0 radical (unpaired) electrons. The summed E-state index contributed by atoms with van der Waals surface area (Å²) in [5.41, 5.74) is 3.50. The van der Waals surface area contributed by atoms with Crippen LogP contribution in [-0.4, -0.2) is 96.2 Å². The van der Waals surface area contributed by atoms with Crippen molar-refractivity contribution in [2.75, 3.05) is 62.0 Å². The molecule has 1 aliphatic carbocycles. The number of rotatable bonds is 7. The van der Waals surface area contributed by atoms with Gasteiger partial charge in [-0.3, -0.25) is 4.57 Å². The second-order valence-electron chi connectivity index (χ2n) is 12.2. The Hall–Kier alpha value is -3.58. The van der Waals surface area contributed by atoms with Gasteiger partial charge >= 0.3 is 0 Å². The SMILES string of the molecule is CC1(O)CN(N2CCN(c3ccc(Nc4ncc5cc(C6CC6)n(-c6cccc(N=S(C)(C)=O)n6)c5n4)cc3)CC2)C1. The molecule has 7 rings (SSSR count). The Labute approximate surface area is 246 Å². The highest BCUT2D eigenvalue weighted by Gasteiger charge is 2.40. The summed E-state index contributed by atoms with van der Waals surface area (Å²) in [7, 11) is -2.33. The first kappa shape index (κ1) is 27.3. The molecule has 3 fully saturated rings. The van der Waals surface area contributed by atoms with Crippen LogP contribution in [0.1, 0.15) is 31.4 Å². The van der Waals surface area contributed by atoms with Crippen molar-refractivity contribution in [3.63, 3.8) is 0 Å². The Kier molecular flexibility index (Phi) is 6.69. The Morgan fingerprint density at radius 2 is 1.74 bits per heavy atom. The van der Waals surface area contributed by atoms with E-state index in [1.807, 2.05) is 25.3 Å². The molecule has 0 atom stereocenters. The number of hydrazine groups is 1. The molecule has 1 saturated carbocycles.